The predicted octanol–water partition coefficient (Wildman–Crippen LogP) is 2.46. The highest BCUT2D eigenvalue weighted by molar-refractivity contribution is 9.10. The normalized spacial score (nSPS) is 10.5. The van der Waals surface area contributed by atoms with Crippen LogP contribution in [0, 0.1) is 0 Å². The Bertz CT molecular complexity index is 334. The van der Waals surface area contributed by atoms with E-state index in [1.54, 1.807) is 7.11 Å². The first-order chi connectivity index (χ1) is 8.25. The van der Waals surface area contributed by atoms with Crippen LogP contribution in [0.15, 0.2) is 22.7 Å². The van der Waals surface area contributed by atoms with Crippen LogP contribution in [0.4, 0.5) is 5.69 Å². The fraction of sp³-hybridized carbons (Fsp3) is 0.500. The van der Waals surface area contributed by atoms with Gasteiger partial charge in [-0.05, 0) is 28.1 Å². The lowest BCUT2D eigenvalue weighted by Crippen LogP contribution is -2.07. The van der Waals surface area contributed by atoms with Gasteiger partial charge in [-0.15, -0.1) is 0 Å². The molecule has 0 saturated carbocycles. The Kier molecular flexibility index (Phi) is 7.00. The molecule has 0 amide bonds. The smallest absolute Gasteiger partial charge is 0.135 e. The number of hydrogen-bond acceptors (Lipinski definition) is 4. The van der Waals surface area contributed by atoms with Crippen molar-refractivity contribution in [2.45, 2.75) is 6.42 Å². The molecule has 0 fully saturated rings. The van der Waals surface area contributed by atoms with Crippen molar-refractivity contribution in [2.75, 3.05) is 39.3 Å². The van der Waals surface area contributed by atoms with E-state index in [0.29, 0.717) is 32.1 Å². The van der Waals surface area contributed by atoms with Crippen molar-refractivity contribution < 1.29 is 14.2 Å². The van der Waals surface area contributed by atoms with E-state index in [0.717, 1.165) is 16.6 Å². The third kappa shape index (κ3) is 5.39. The Labute approximate surface area is 110 Å². The Balaban J connectivity index is 2.16. The summed E-state index contributed by atoms with van der Waals surface area (Å²) >= 11 is 3.39. The topological polar surface area (TPSA) is 53.7 Å². The van der Waals surface area contributed by atoms with Gasteiger partial charge in [-0.25, -0.2) is 0 Å². The first-order valence-corrected chi connectivity index (χ1v) is 6.28. The maximum Gasteiger partial charge on any atom is 0.135 e. The lowest BCUT2D eigenvalue weighted by Gasteiger charge is -2.09. The molecule has 1 aromatic carbocycles. The summed E-state index contributed by atoms with van der Waals surface area (Å²) < 4.78 is 16.6. The average Bonchev–Trinajstić information content (AvgIpc) is 2.33. The highest BCUT2D eigenvalue weighted by Crippen LogP contribution is 2.30. The molecule has 0 spiro atoms. The van der Waals surface area contributed by atoms with Crippen LogP contribution in [0.25, 0.3) is 0 Å². The van der Waals surface area contributed by atoms with Gasteiger partial charge in [0.15, 0.2) is 0 Å². The quantitative estimate of drug-likeness (QED) is 0.592. The van der Waals surface area contributed by atoms with Gasteiger partial charge in [-0.1, -0.05) is 6.07 Å². The molecular formula is C12H18BrNO3. The van der Waals surface area contributed by atoms with Crippen molar-refractivity contribution in [1.82, 2.24) is 0 Å². The molecule has 0 aromatic heterocycles. The first kappa shape index (κ1) is 14.3. The Morgan fingerprint density at radius 2 is 2.00 bits per heavy atom. The third-order valence-electron chi connectivity index (χ3n) is 2.12. The number of hydrogen-bond donors (Lipinski definition) is 1. The second-order valence-electron chi connectivity index (χ2n) is 3.47. The van der Waals surface area contributed by atoms with Gasteiger partial charge in [0, 0.05) is 25.8 Å². The zero-order valence-corrected chi connectivity index (χ0v) is 11.5. The van der Waals surface area contributed by atoms with Gasteiger partial charge in [0.2, 0.25) is 0 Å². The standard InChI is InChI=1S/C12H18BrNO3/c1-15-8-9-16-6-3-7-17-11-5-2-4-10(14)12(11)13/h2,4-5H,3,6-9,14H2,1H3. The summed E-state index contributed by atoms with van der Waals surface area (Å²) in [5.41, 5.74) is 6.42. The average molecular weight is 304 g/mol. The van der Waals surface area contributed by atoms with Gasteiger partial charge >= 0.3 is 0 Å². The summed E-state index contributed by atoms with van der Waals surface area (Å²) in [4.78, 5) is 0. The minimum Gasteiger partial charge on any atom is -0.492 e. The molecule has 17 heavy (non-hydrogen) atoms. The largest absolute Gasteiger partial charge is 0.492 e. The zero-order valence-electron chi connectivity index (χ0n) is 9.95. The molecular weight excluding hydrogens is 286 g/mol. The van der Waals surface area contributed by atoms with Crippen LogP contribution >= 0.6 is 15.9 Å². The van der Waals surface area contributed by atoms with Crippen LogP contribution in [0.5, 0.6) is 5.75 Å². The fourth-order valence-corrected chi connectivity index (χ4v) is 1.61. The van der Waals surface area contributed by atoms with Crippen molar-refractivity contribution >= 4 is 21.6 Å². The van der Waals surface area contributed by atoms with E-state index in [-0.39, 0.29) is 0 Å². The summed E-state index contributed by atoms with van der Waals surface area (Å²) in [7, 11) is 1.66. The number of ether oxygens (including phenoxy) is 3. The molecule has 2 N–H and O–H groups in total. The number of nitrogen functional groups attached to an aromatic ring is 1. The van der Waals surface area contributed by atoms with Crippen molar-refractivity contribution in [3.05, 3.63) is 22.7 Å². The molecule has 4 nitrogen and oxygen atoms in total. The van der Waals surface area contributed by atoms with E-state index in [9.17, 15) is 0 Å². The summed E-state index contributed by atoms with van der Waals surface area (Å²) in [6.07, 6.45) is 0.838. The van der Waals surface area contributed by atoms with Crippen molar-refractivity contribution in [1.29, 1.82) is 0 Å². The highest BCUT2D eigenvalue weighted by Gasteiger charge is 2.03. The monoisotopic (exact) mass is 303 g/mol. The molecule has 0 heterocycles. The maximum atomic E-state index is 5.74. The van der Waals surface area contributed by atoms with E-state index in [1.165, 1.54) is 0 Å². The van der Waals surface area contributed by atoms with Crippen molar-refractivity contribution in [3.8, 4) is 5.75 Å². The number of rotatable bonds is 8. The Hall–Kier alpha value is -0.780. The van der Waals surface area contributed by atoms with E-state index in [4.69, 9.17) is 19.9 Å². The van der Waals surface area contributed by atoms with Crippen molar-refractivity contribution in [2.24, 2.45) is 0 Å². The second kappa shape index (κ2) is 8.33. The van der Waals surface area contributed by atoms with Gasteiger partial charge in [-0.2, -0.15) is 0 Å². The van der Waals surface area contributed by atoms with E-state index < -0.39 is 0 Å². The van der Waals surface area contributed by atoms with Gasteiger partial charge in [0.25, 0.3) is 0 Å². The molecule has 0 aliphatic carbocycles. The number of halogens is 1. The van der Waals surface area contributed by atoms with Gasteiger partial charge in [0.05, 0.1) is 24.3 Å². The molecule has 96 valence electrons. The minimum atomic E-state index is 0.606. The van der Waals surface area contributed by atoms with Crippen LogP contribution < -0.4 is 10.5 Å². The number of nitrogens with two attached hydrogens (primary N) is 1. The summed E-state index contributed by atoms with van der Waals surface area (Å²) in [6.45, 7) is 2.53. The summed E-state index contributed by atoms with van der Waals surface area (Å²) in [5.74, 6) is 0.766. The maximum absolute atomic E-state index is 5.74. The lowest BCUT2D eigenvalue weighted by molar-refractivity contribution is 0.0644. The van der Waals surface area contributed by atoms with Crippen LogP contribution in [0.2, 0.25) is 0 Å². The number of methoxy groups -OCH3 is 1. The Morgan fingerprint density at radius 3 is 2.76 bits per heavy atom. The molecule has 1 rings (SSSR count). The predicted molar refractivity (Wildman–Crippen MR) is 71.4 cm³/mol. The summed E-state index contributed by atoms with van der Waals surface area (Å²) in [5, 5.41) is 0. The number of benzene rings is 1. The third-order valence-corrected chi connectivity index (χ3v) is 2.96. The molecule has 0 unspecified atom stereocenters. The van der Waals surface area contributed by atoms with Crippen LogP contribution in [0.1, 0.15) is 6.42 Å². The van der Waals surface area contributed by atoms with Gasteiger partial charge in [-0.3, -0.25) is 0 Å². The summed E-state index contributed by atoms with van der Waals surface area (Å²) in [6, 6.07) is 5.57. The first-order valence-electron chi connectivity index (χ1n) is 5.49. The SMILES string of the molecule is COCCOCCCOc1cccc(N)c1Br. The molecule has 0 atom stereocenters. The lowest BCUT2D eigenvalue weighted by atomic mass is 10.3. The van der Waals surface area contributed by atoms with Crippen molar-refractivity contribution in [3.63, 3.8) is 0 Å². The Morgan fingerprint density at radius 1 is 1.18 bits per heavy atom. The van der Waals surface area contributed by atoms with Crippen LogP contribution in [-0.4, -0.2) is 33.5 Å². The van der Waals surface area contributed by atoms with E-state index >= 15 is 0 Å². The minimum absolute atomic E-state index is 0.606. The molecule has 5 heteroatoms. The van der Waals surface area contributed by atoms with Crippen LogP contribution in [0.3, 0.4) is 0 Å². The molecule has 0 aliphatic heterocycles. The second-order valence-corrected chi connectivity index (χ2v) is 4.26. The van der Waals surface area contributed by atoms with E-state index in [2.05, 4.69) is 15.9 Å². The van der Waals surface area contributed by atoms with E-state index in [1.807, 2.05) is 18.2 Å². The van der Waals surface area contributed by atoms with Crippen LogP contribution in [-0.2, 0) is 9.47 Å². The highest BCUT2D eigenvalue weighted by atomic mass is 79.9. The van der Waals surface area contributed by atoms with Gasteiger partial charge in [0.1, 0.15) is 5.75 Å². The fourth-order valence-electron chi connectivity index (χ4n) is 1.23. The molecule has 0 radical (unpaired) electrons. The number of anilines is 1. The molecule has 1 aromatic rings. The molecule has 0 saturated heterocycles. The van der Waals surface area contributed by atoms with Gasteiger partial charge < -0.3 is 19.9 Å². The zero-order chi connectivity index (χ0) is 12.5. The molecule has 0 bridgehead atoms. The molecule has 0 aliphatic rings.